The minimum Gasteiger partial charge on any atom is -0.326 e. The zero-order valence-electron chi connectivity index (χ0n) is 14.3. The molecule has 2 rings (SSSR count). The van der Waals surface area contributed by atoms with Crippen LogP contribution in [0.3, 0.4) is 0 Å². The van der Waals surface area contributed by atoms with Crippen molar-refractivity contribution in [2.75, 3.05) is 18.9 Å². The van der Waals surface area contributed by atoms with Crippen molar-refractivity contribution in [2.45, 2.75) is 26.3 Å². The Bertz CT molecular complexity index is 699. The number of quaternary nitrogens is 1. The summed E-state index contributed by atoms with van der Waals surface area (Å²) in [6.07, 6.45) is 1.43. The molecular formula is C20H24N3O+. The SMILES string of the molecule is CCc1ccc(C[NH+](C)CC(=O)Nc2ccc(CC#N)cc2)cc1. The molecule has 0 bridgehead atoms. The van der Waals surface area contributed by atoms with Crippen LogP contribution in [0.15, 0.2) is 48.5 Å². The normalized spacial score (nSPS) is 11.5. The largest absolute Gasteiger partial charge is 0.326 e. The van der Waals surface area contributed by atoms with Crippen molar-refractivity contribution in [2.24, 2.45) is 0 Å². The fourth-order valence-electron chi connectivity index (χ4n) is 2.58. The van der Waals surface area contributed by atoms with Crippen LogP contribution in [-0.4, -0.2) is 19.5 Å². The van der Waals surface area contributed by atoms with Gasteiger partial charge in [-0.2, -0.15) is 5.26 Å². The number of aryl methyl sites for hydroxylation is 1. The summed E-state index contributed by atoms with van der Waals surface area (Å²) in [5.41, 5.74) is 4.28. The van der Waals surface area contributed by atoms with Crippen molar-refractivity contribution in [1.82, 2.24) is 0 Å². The summed E-state index contributed by atoms with van der Waals surface area (Å²) in [5, 5.41) is 11.6. The fourth-order valence-corrected chi connectivity index (χ4v) is 2.58. The Morgan fingerprint density at radius 2 is 1.62 bits per heavy atom. The molecule has 4 nitrogen and oxygen atoms in total. The number of carbonyl (C=O) groups excluding carboxylic acids is 1. The lowest BCUT2D eigenvalue weighted by Crippen LogP contribution is -3.08. The molecule has 1 amide bonds. The summed E-state index contributed by atoms with van der Waals surface area (Å²) in [6.45, 7) is 3.37. The third-order valence-corrected chi connectivity index (χ3v) is 3.92. The zero-order chi connectivity index (χ0) is 17.4. The molecule has 0 aliphatic heterocycles. The van der Waals surface area contributed by atoms with Crippen molar-refractivity contribution >= 4 is 11.6 Å². The van der Waals surface area contributed by atoms with Crippen LogP contribution in [-0.2, 0) is 24.2 Å². The third kappa shape index (κ3) is 5.53. The first kappa shape index (κ1) is 17.7. The Balaban J connectivity index is 1.83. The third-order valence-electron chi connectivity index (χ3n) is 3.92. The Kier molecular flexibility index (Phi) is 6.53. The van der Waals surface area contributed by atoms with Gasteiger partial charge in [0, 0.05) is 11.3 Å². The molecule has 2 aromatic rings. The van der Waals surface area contributed by atoms with Crippen LogP contribution in [0.25, 0.3) is 0 Å². The lowest BCUT2D eigenvalue weighted by Gasteiger charge is -2.14. The summed E-state index contributed by atoms with van der Waals surface area (Å²) >= 11 is 0. The monoisotopic (exact) mass is 322 g/mol. The summed E-state index contributed by atoms with van der Waals surface area (Å²) in [4.78, 5) is 13.3. The summed E-state index contributed by atoms with van der Waals surface area (Å²) < 4.78 is 0. The molecule has 0 aliphatic carbocycles. The van der Waals surface area contributed by atoms with E-state index in [-0.39, 0.29) is 5.91 Å². The number of likely N-dealkylation sites (N-methyl/N-ethyl adjacent to an activating group) is 1. The van der Waals surface area contributed by atoms with E-state index in [1.165, 1.54) is 11.1 Å². The molecule has 0 fully saturated rings. The number of nitrogens with one attached hydrogen (secondary N) is 2. The molecule has 1 atom stereocenters. The van der Waals surface area contributed by atoms with Crippen LogP contribution in [0.1, 0.15) is 23.6 Å². The lowest BCUT2D eigenvalue weighted by molar-refractivity contribution is -0.885. The van der Waals surface area contributed by atoms with Gasteiger partial charge in [-0.05, 0) is 29.7 Å². The highest BCUT2D eigenvalue weighted by atomic mass is 16.2. The number of hydrogen-bond acceptors (Lipinski definition) is 2. The number of amides is 1. The van der Waals surface area contributed by atoms with Crippen LogP contribution in [0, 0.1) is 11.3 Å². The van der Waals surface area contributed by atoms with Crippen molar-refractivity contribution < 1.29 is 9.69 Å². The van der Waals surface area contributed by atoms with Crippen molar-refractivity contribution in [3.8, 4) is 6.07 Å². The second-order valence-electron chi connectivity index (χ2n) is 6.06. The molecule has 2 aromatic carbocycles. The molecule has 0 radical (unpaired) electrons. The Hall–Kier alpha value is -2.64. The average molecular weight is 322 g/mol. The van der Waals surface area contributed by atoms with Gasteiger partial charge in [0.2, 0.25) is 0 Å². The Morgan fingerprint density at radius 1 is 1.04 bits per heavy atom. The first-order chi connectivity index (χ1) is 11.6. The van der Waals surface area contributed by atoms with Gasteiger partial charge in [-0.1, -0.05) is 43.3 Å². The molecule has 0 aliphatic rings. The molecule has 1 unspecified atom stereocenters. The molecule has 0 spiro atoms. The van der Waals surface area contributed by atoms with Gasteiger partial charge in [0.15, 0.2) is 6.54 Å². The first-order valence-corrected chi connectivity index (χ1v) is 8.25. The topological polar surface area (TPSA) is 57.3 Å². The molecule has 24 heavy (non-hydrogen) atoms. The van der Waals surface area contributed by atoms with Gasteiger partial charge in [0.05, 0.1) is 19.5 Å². The minimum absolute atomic E-state index is 0.00860. The Morgan fingerprint density at radius 3 is 2.21 bits per heavy atom. The van der Waals surface area contributed by atoms with E-state index in [9.17, 15) is 4.79 Å². The summed E-state index contributed by atoms with van der Waals surface area (Å²) in [6, 6.07) is 18.1. The smallest absolute Gasteiger partial charge is 0.279 e. The van der Waals surface area contributed by atoms with Gasteiger partial charge < -0.3 is 10.2 Å². The van der Waals surface area contributed by atoms with Gasteiger partial charge in [-0.25, -0.2) is 0 Å². The van der Waals surface area contributed by atoms with Crippen molar-refractivity contribution in [1.29, 1.82) is 5.26 Å². The van der Waals surface area contributed by atoms with Crippen molar-refractivity contribution in [3.63, 3.8) is 0 Å². The van der Waals surface area contributed by atoms with Crippen molar-refractivity contribution in [3.05, 3.63) is 65.2 Å². The van der Waals surface area contributed by atoms with E-state index in [1.807, 2.05) is 31.3 Å². The van der Waals surface area contributed by atoms with Crippen LogP contribution >= 0.6 is 0 Å². The van der Waals surface area contributed by atoms with Gasteiger partial charge >= 0.3 is 0 Å². The molecule has 0 aromatic heterocycles. The molecule has 2 N–H and O–H groups in total. The standard InChI is InChI=1S/C20H23N3O/c1-3-16-4-6-18(7-5-16)14-23(2)15-20(24)22-19-10-8-17(9-11-19)12-13-21/h4-11H,3,12,14-15H2,1-2H3,(H,22,24)/p+1. The highest BCUT2D eigenvalue weighted by molar-refractivity contribution is 5.91. The molecule has 0 heterocycles. The average Bonchev–Trinajstić information content (AvgIpc) is 2.57. The van der Waals surface area contributed by atoms with E-state index in [2.05, 4.69) is 42.6 Å². The van der Waals surface area contributed by atoms with E-state index in [1.54, 1.807) is 0 Å². The second-order valence-corrected chi connectivity index (χ2v) is 6.06. The summed E-state index contributed by atoms with van der Waals surface area (Å²) in [5.74, 6) is -0.00860. The Labute approximate surface area is 143 Å². The zero-order valence-corrected chi connectivity index (χ0v) is 14.3. The van der Waals surface area contributed by atoms with E-state index in [0.717, 1.165) is 29.1 Å². The van der Waals surface area contributed by atoms with Crippen LogP contribution in [0.4, 0.5) is 5.69 Å². The number of hydrogen-bond donors (Lipinski definition) is 2. The number of benzene rings is 2. The van der Waals surface area contributed by atoms with Gasteiger partial charge in [-0.15, -0.1) is 0 Å². The maximum atomic E-state index is 12.1. The van der Waals surface area contributed by atoms with Gasteiger partial charge in [-0.3, -0.25) is 4.79 Å². The highest BCUT2D eigenvalue weighted by Crippen LogP contribution is 2.09. The summed E-state index contributed by atoms with van der Waals surface area (Å²) in [7, 11) is 2.02. The number of nitrogens with zero attached hydrogens (tertiary/aromatic N) is 1. The van der Waals surface area contributed by atoms with Gasteiger partial charge in [0.1, 0.15) is 6.54 Å². The van der Waals surface area contributed by atoms with Gasteiger partial charge in [0.25, 0.3) is 5.91 Å². The molecule has 0 saturated carbocycles. The maximum Gasteiger partial charge on any atom is 0.279 e. The van der Waals surface area contributed by atoms with Crippen LogP contribution < -0.4 is 10.2 Å². The molecular weight excluding hydrogens is 298 g/mol. The molecule has 4 heteroatoms. The number of nitriles is 1. The number of anilines is 1. The van der Waals surface area contributed by atoms with E-state index in [4.69, 9.17) is 5.26 Å². The van der Waals surface area contributed by atoms with E-state index >= 15 is 0 Å². The number of carbonyl (C=O) groups is 1. The lowest BCUT2D eigenvalue weighted by atomic mass is 10.1. The van der Waals surface area contributed by atoms with E-state index < -0.39 is 0 Å². The minimum atomic E-state index is -0.00860. The maximum absolute atomic E-state index is 12.1. The fraction of sp³-hybridized carbons (Fsp3) is 0.300. The van der Waals surface area contributed by atoms with Crippen LogP contribution in [0.2, 0.25) is 0 Å². The first-order valence-electron chi connectivity index (χ1n) is 8.25. The molecule has 124 valence electrons. The van der Waals surface area contributed by atoms with Crippen LogP contribution in [0.5, 0.6) is 0 Å². The van der Waals surface area contributed by atoms with E-state index in [0.29, 0.717) is 13.0 Å². The second kappa shape index (κ2) is 8.85. The molecule has 0 saturated heterocycles. The number of rotatable bonds is 7. The quantitative estimate of drug-likeness (QED) is 0.819. The predicted molar refractivity (Wildman–Crippen MR) is 95.7 cm³/mol. The predicted octanol–water partition coefficient (Wildman–Crippen LogP) is 1.97. The highest BCUT2D eigenvalue weighted by Gasteiger charge is 2.11.